The van der Waals surface area contributed by atoms with Crippen LogP contribution in [-0.2, 0) is 15.8 Å². The zero-order valence-corrected chi connectivity index (χ0v) is 17.2. The molecule has 0 unspecified atom stereocenters. The largest absolute Gasteiger partial charge is 0.473 e. The Morgan fingerprint density at radius 1 is 0.941 bits per heavy atom. The Labute approximate surface area is 185 Å². The maximum Gasteiger partial charge on any atom is 0.473 e. The first kappa shape index (κ1) is 26.8. The number of pyridine rings is 1. The molecular weight excluding hydrogens is 485 g/mol. The summed E-state index contributed by atoms with van der Waals surface area (Å²) in [6, 6.07) is 5.91. The van der Waals surface area contributed by atoms with Gasteiger partial charge in [-0.05, 0) is 19.4 Å². The van der Waals surface area contributed by atoms with Crippen molar-refractivity contribution in [2.75, 3.05) is 5.32 Å². The topological polar surface area (TPSA) is 71.4 Å². The van der Waals surface area contributed by atoms with E-state index in [9.17, 15) is 49.1 Å². The SMILES string of the molecule is CCC(=NC(=O)C(F)(F)F)c1c(C(F)(F)F)cc(-c2ccc(C)cc2)nc1NC(=O)C(F)(F)F. The van der Waals surface area contributed by atoms with Crippen molar-refractivity contribution in [1.29, 1.82) is 0 Å². The van der Waals surface area contributed by atoms with E-state index in [1.165, 1.54) is 24.3 Å². The van der Waals surface area contributed by atoms with Gasteiger partial charge in [0.05, 0.1) is 22.5 Å². The molecule has 2 amide bonds. The van der Waals surface area contributed by atoms with Crippen molar-refractivity contribution in [1.82, 2.24) is 4.98 Å². The highest BCUT2D eigenvalue weighted by Crippen LogP contribution is 2.39. The van der Waals surface area contributed by atoms with Crippen LogP contribution < -0.4 is 5.32 Å². The van der Waals surface area contributed by atoms with Crippen molar-refractivity contribution in [3.8, 4) is 11.3 Å². The molecule has 0 aliphatic carbocycles. The monoisotopic (exact) mass is 499 g/mol. The van der Waals surface area contributed by atoms with Crippen LogP contribution in [-0.4, -0.2) is 34.9 Å². The predicted octanol–water partition coefficient (Wildman–Crippen LogP) is 5.86. The molecule has 2 rings (SSSR count). The fraction of sp³-hybridized carbons (Fsp3) is 0.300. The Kier molecular flexibility index (Phi) is 7.43. The van der Waals surface area contributed by atoms with Gasteiger partial charge in [0.2, 0.25) is 0 Å². The molecule has 0 saturated heterocycles. The summed E-state index contributed by atoms with van der Waals surface area (Å²) < 4.78 is 118. The van der Waals surface area contributed by atoms with Crippen molar-refractivity contribution in [2.45, 2.75) is 38.8 Å². The van der Waals surface area contributed by atoms with Crippen molar-refractivity contribution < 1.29 is 49.1 Å². The van der Waals surface area contributed by atoms with E-state index in [1.54, 1.807) is 6.92 Å². The van der Waals surface area contributed by atoms with Crippen molar-refractivity contribution >= 4 is 23.3 Å². The lowest BCUT2D eigenvalue weighted by molar-refractivity contribution is -0.169. The number of nitrogens with zero attached hydrogens (tertiary/aromatic N) is 2. The number of carbonyl (C=O) groups excluding carboxylic acids is 2. The van der Waals surface area contributed by atoms with E-state index in [1.807, 2.05) is 0 Å². The van der Waals surface area contributed by atoms with Crippen LogP contribution in [0.3, 0.4) is 0 Å². The number of halogens is 9. The highest BCUT2D eigenvalue weighted by molar-refractivity contribution is 6.13. The second-order valence-electron chi connectivity index (χ2n) is 6.81. The number of benzene rings is 1. The van der Waals surface area contributed by atoms with Gasteiger partial charge in [0.1, 0.15) is 5.82 Å². The normalized spacial score (nSPS) is 13.1. The van der Waals surface area contributed by atoms with Crippen molar-refractivity contribution in [3.05, 3.63) is 47.0 Å². The van der Waals surface area contributed by atoms with E-state index in [-0.39, 0.29) is 5.56 Å². The molecular formula is C20H14F9N3O2. The molecule has 1 aromatic heterocycles. The number of aromatic nitrogens is 1. The summed E-state index contributed by atoms with van der Waals surface area (Å²) >= 11 is 0. The van der Waals surface area contributed by atoms with Crippen molar-refractivity contribution in [3.63, 3.8) is 0 Å². The van der Waals surface area contributed by atoms with Crippen LogP contribution in [0.1, 0.15) is 30.0 Å². The Balaban J connectivity index is 2.91. The number of hydrogen-bond acceptors (Lipinski definition) is 3. The summed E-state index contributed by atoms with van der Waals surface area (Å²) in [5.41, 5.74) is -4.15. The molecule has 5 nitrogen and oxygen atoms in total. The van der Waals surface area contributed by atoms with Crippen LogP contribution >= 0.6 is 0 Å². The average molecular weight is 499 g/mol. The third-order valence-electron chi connectivity index (χ3n) is 4.26. The molecule has 0 aliphatic rings. The lowest BCUT2D eigenvalue weighted by atomic mass is 9.98. The second kappa shape index (κ2) is 9.43. The third-order valence-corrected chi connectivity index (χ3v) is 4.26. The van der Waals surface area contributed by atoms with Gasteiger partial charge in [0.25, 0.3) is 0 Å². The molecule has 1 aromatic carbocycles. The fourth-order valence-electron chi connectivity index (χ4n) is 2.70. The zero-order valence-electron chi connectivity index (χ0n) is 17.2. The summed E-state index contributed by atoms with van der Waals surface area (Å²) in [5, 5.41) is 1.16. The fourth-order valence-corrected chi connectivity index (χ4v) is 2.70. The minimum absolute atomic E-state index is 0.00603. The van der Waals surface area contributed by atoms with E-state index in [4.69, 9.17) is 0 Å². The summed E-state index contributed by atoms with van der Waals surface area (Å²) in [4.78, 5) is 29.1. The molecule has 1 heterocycles. The van der Waals surface area contributed by atoms with Gasteiger partial charge in [-0.25, -0.2) is 9.98 Å². The maximum atomic E-state index is 13.9. The van der Waals surface area contributed by atoms with E-state index in [0.29, 0.717) is 11.6 Å². The molecule has 0 saturated carbocycles. The molecule has 0 radical (unpaired) electrons. The molecule has 0 fully saturated rings. The van der Waals surface area contributed by atoms with Gasteiger partial charge in [0.15, 0.2) is 0 Å². The van der Waals surface area contributed by atoms with Gasteiger partial charge in [-0.3, -0.25) is 9.59 Å². The summed E-state index contributed by atoms with van der Waals surface area (Å²) in [6.45, 7) is 2.67. The lowest BCUT2D eigenvalue weighted by Crippen LogP contribution is -2.32. The Morgan fingerprint density at radius 2 is 1.50 bits per heavy atom. The average Bonchev–Trinajstić information content (AvgIpc) is 2.70. The Bertz CT molecular complexity index is 1120. The number of aliphatic imine (C=N–C) groups is 1. The highest BCUT2D eigenvalue weighted by atomic mass is 19.4. The third kappa shape index (κ3) is 6.32. The van der Waals surface area contributed by atoms with Gasteiger partial charge in [-0.15, -0.1) is 0 Å². The van der Waals surface area contributed by atoms with Gasteiger partial charge in [-0.1, -0.05) is 36.8 Å². The van der Waals surface area contributed by atoms with E-state index < -0.39 is 65.1 Å². The standard InChI is InChI=1S/C20H14F9N3O2/c1-3-12(31-16(33)19(24,25)26)14-11(18(21,22)23)8-13(10-6-4-9(2)5-7-10)30-15(14)32-17(34)20(27,28)29/h4-8H,3H2,1-2H3,(H,30,32,34). The minimum atomic E-state index is -5.57. The smallest absolute Gasteiger partial charge is 0.302 e. The Morgan fingerprint density at radius 3 is 1.94 bits per heavy atom. The number of rotatable bonds is 4. The number of aryl methyl sites for hydroxylation is 1. The van der Waals surface area contributed by atoms with Crippen molar-refractivity contribution in [2.24, 2.45) is 4.99 Å². The molecule has 0 atom stereocenters. The van der Waals surface area contributed by atoms with Crippen LogP contribution in [0.15, 0.2) is 35.3 Å². The Hall–Kier alpha value is -3.45. The quantitative estimate of drug-likeness (QED) is 0.423. The highest BCUT2D eigenvalue weighted by Gasteiger charge is 2.43. The summed E-state index contributed by atoms with van der Waals surface area (Å²) in [7, 11) is 0. The minimum Gasteiger partial charge on any atom is -0.302 e. The predicted molar refractivity (Wildman–Crippen MR) is 102 cm³/mol. The molecule has 34 heavy (non-hydrogen) atoms. The number of alkyl halides is 9. The lowest BCUT2D eigenvalue weighted by Gasteiger charge is -2.20. The molecule has 0 bridgehead atoms. The molecule has 2 aromatic rings. The molecule has 14 heteroatoms. The summed E-state index contributed by atoms with van der Waals surface area (Å²) in [5.74, 6) is -6.87. The van der Waals surface area contributed by atoms with Gasteiger partial charge in [-0.2, -0.15) is 39.5 Å². The number of hydrogen-bond donors (Lipinski definition) is 1. The van der Waals surface area contributed by atoms with Gasteiger partial charge >= 0.3 is 30.3 Å². The number of carbonyl (C=O) groups is 2. The number of amides is 2. The zero-order chi connectivity index (χ0) is 26.1. The van der Waals surface area contributed by atoms with E-state index in [0.717, 1.165) is 12.2 Å². The van der Waals surface area contributed by atoms with E-state index in [2.05, 4.69) is 9.98 Å². The van der Waals surface area contributed by atoms with E-state index >= 15 is 0 Å². The van der Waals surface area contributed by atoms with Gasteiger partial charge in [0, 0.05) is 5.56 Å². The van der Waals surface area contributed by atoms with Gasteiger partial charge < -0.3 is 5.32 Å². The molecule has 0 spiro atoms. The maximum absolute atomic E-state index is 13.9. The molecule has 1 N–H and O–H groups in total. The molecule has 184 valence electrons. The number of anilines is 1. The van der Waals surface area contributed by atoms with Crippen LogP contribution in [0.4, 0.5) is 45.3 Å². The summed E-state index contributed by atoms with van der Waals surface area (Å²) in [6.07, 6.45) is -17.2. The van der Waals surface area contributed by atoms with Crippen LogP contribution in [0.25, 0.3) is 11.3 Å². The van der Waals surface area contributed by atoms with Crippen LogP contribution in [0.5, 0.6) is 0 Å². The first-order chi connectivity index (χ1) is 15.4. The first-order valence-electron chi connectivity index (χ1n) is 9.21. The second-order valence-corrected chi connectivity index (χ2v) is 6.81. The van der Waals surface area contributed by atoms with Crippen LogP contribution in [0.2, 0.25) is 0 Å². The first-order valence-corrected chi connectivity index (χ1v) is 9.21. The number of nitrogens with one attached hydrogen (secondary N) is 1. The molecule has 0 aliphatic heterocycles. The van der Waals surface area contributed by atoms with Crippen LogP contribution in [0, 0.1) is 6.92 Å².